The molecule has 0 amide bonds. The van der Waals surface area contributed by atoms with Gasteiger partial charge in [-0.25, -0.2) is 0 Å². The van der Waals surface area contributed by atoms with Gasteiger partial charge < -0.3 is 5.32 Å². The summed E-state index contributed by atoms with van der Waals surface area (Å²) in [5.41, 5.74) is 2.78. The van der Waals surface area contributed by atoms with E-state index in [0.29, 0.717) is 0 Å². The predicted molar refractivity (Wildman–Crippen MR) is 69.2 cm³/mol. The number of hydrogen-bond acceptors (Lipinski definition) is 1. The maximum atomic E-state index is 6.13. The van der Waals surface area contributed by atoms with Crippen LogP contribution in [0.4, 0.5) is 5.69 Å². The summed E-state index contributed by atoms with van der Waals surface area (Å²) in [6.07, 6.45) is 4.06. The number of rotatable bonds is 1. The van der Waals surface area contributed by atoms with Crippen molar-refractivity contribution in [2.45, 2.75) is 32.1 Å². The fourth-order valence-corrected chi connectivity index (χ4v) is 3.76. The lowest BCUT2D eigenvalue weighted by Gasteiger charge is -2.32. The van der Waals surface area contributed by atoms with Crippen molar-refractivity contribution in [2.24, 2.45) is 11.8 Å². The Kier molecular flexibility index (Phi) is 2.59. The Bertz CT molecular complexity index is 402. The Morgan fingerprint density at radius 2 is 2.25 bits per heavy atom. The van der Waals surface area contributed by atoms with Gasteiger partial charge in [-0.1, -0.05) is 24.9 Å². The molecule has 1 aliphatic heterocycles. The number of anilines is 1. The zero-order valence-corrected chi connectivity index (χ0v) is 10.4. The molecule has 0 aromatic heterocycles. The minimum absolute atomic E-state index is 0.750. The van der Waals surface area contributed by atoms with Crippen molar-refractivity contribution in [1.29, 1.82) is 0 Å². The van der Waals surface area contributed by atoms with Gasteiger partial charge in [-0.15, -0.1) is 0 Å². The molecule has 86 valence electrons. The molecule has 1 N–H and O–H groups in total. The van der Waals surface area contributed by atoms with E-state index in [9.17, 15) is 0 Å². The zero-order chi connectivity index (χ0) is 11.1. The van der Waals surface area contributed by atoms with Crippen LogP contribution in [0.2, 0.25) is 5.02 Å². The minimum atomic E-state index is 0.750. The first kappa shape index (κ1) is 10.5. The standard InChI is InChI=1S/C14H18ClN/c1-2-9-3-4-10-8-16-13-6-5-11(15)7-12(13)14(9)10/h5-7,9-10,14,16H,2-4,8H2,1H3. The molecule has 0 radical (unpaired) electrons. The number of fused-ring (bicyclic) bond motifs is 3. The summed E-state index contributed by atoms with van der Waals surface area (Å²) in [5.74, 6) is 2.44. The molecule has 1 aromatic rings. The minimum Gasteiger partial charge on any atom is -0.385 e. The van der Waals surface area contributed by atoms with Crippen molar-refractivity contribution in [2.75, 3.05) is 11.9 Å². The number of hydrogen-bond donors (Lipinski definition) is 1. The molecule has 1 aliphatic carbocycles. The van der Waals surface area contributed by atoms with Crippen molar-refractivity contribution < 1.29 is 0 Å². The third-order valence-corrected chi connectivity index (χ3v) is 4.61. The van der Waals surface area contributed by atoms with Crippen molar-refractivity contribution in [3.05, 3.63) is 28.8 Å². The molecule has 2 aliphatic rings. The molecule has 0 spiro atoms. The summed E-state index contributed by atoms with van der Waals surface area (Å²) in [6, 6.07) is 6.30. The molecule has 16 heavy (non-hydrogen) atoms. The highest BCUT2D eigenvalue weighted by molar-refractivity contribution is 6.30. The summed E-state index contributed by atoms with van der Waals surface area (Å²) < 4.78 is 0. The molecule has 1 aromatic carbocycles. The van der Waals surface area contributed by atoms with Gasteiger partial charge in [0, 0.05) is 17.3 Å². The summed E-state index contributed by atoms with van der Waals surface area (Å²) >= 11 is 6.13. The molecule has 1 nitrogen and oxygen atoms in total. The Morgan fingerprint density at radius 3 is 3.06 bits per heavy atom. The van der Waals surface area contributed by atoms with Crippen LogP contribution in [0.25, 0.3) is 0 Å². The van der Waals surface area contributed by atoms with Crippen LogP contribution in [-0.2, 0) is 0 Å². The summed E-state index contributed by atoms with van der Waals surface area (Å²) in [6.45, 7) is 3.47. The quantitative estimate of drug-likeness (QED) is 0.766. The van der Waals surface area contributed by atoms with Crippen LogP contribution in [0.15, 0.2) is 18.2 Å². The van der Waals surface area contributed by atoms with Gasteiger partial charge >= 0.3 is 0 Å². The highest BCUT2D eigenvalue weighted by atomic mass is 35.5. The van der Waals surface area contributed by atoms with E-state index >= 15 is 0 Å². The molecule has 0 bridgehead atoms. The van der Waals surface area contributed by atoms with Crippen molar-refractivity contribution in [3.8, 4) is 0 Å². The Balaban J connectivity index is 2.04. The van der Waals surface area contributed by atoms with Gasteiger partial charge in [-0.2, -0.15) is 0 Å². The summed E-state index contributed by atoms with van der Waals surface area (Å²) in [4.78, 5) is 0. The Labute approximate surface area is 102 Å². The average Bonchev–Trinajstić information content (AvgIpc) is 2.72. The molecular formula is C14H18ClN. The first-order chi connectivity index (χ1) is 7.79. The Hall–Kier alpha value is -0.690. The van der Waals surface area contributed by atoms with Crippen LogP contribution in [-0.4, -0.2) is 6.54 Å². The maximum absolute atomic E-state index is 6.13. The average molecular weight is 236 g/mol. The van der Waals surface area contributed by atoms with E-state index in [1.54, 1.807) is 0 Å². The van der Waals surface area contributed by atoms with Crippen LogP contribution in [0.1, 0.15) is 37.7 Å². The largest absolute Gasteiger partial charge is 0.385 e. The first-order valence-electron chi connectivity index (χ1n) is 6.33. The monoisotopic (exact) mass is 235 g/mol. The lowest BCUT2D eigenvalue weighted by Crippen LogP contribution is -2.26. The molecule has 0 saturated heterocycles. The van der Waals surface area contributed by atoms with E-state index < -0.39 is 0 Å². The molecule has 3 unspecified atom stereocenters. The number of halogens is 1. The van der Waals surface area contributed by atoms with Gasteiger partial charge in [0.15, 0.2) is 0 Å². The first-order valence-corrected chi connectivity index (χ1v) is 6.70. The van der Waals surface area contributed by atoms with Crippen LogP contribution in [0.3, 0.4) is 0 Å². The smallest absolute Gasteiger partial charge is 0.0410 e. The maximum Gasteiger partial charge on any atom is 0.0410 e. The van der Waals surface area contributed by atoms with E-state index in [0.717, 1.165) is 29.3 Å². The van der Waals surface area contributed by atoms with Gasteiger partial charge in [-0.05, 0) is 54.4 Å². The van der Waals surface area contributed by atoms with E-state index in [1.807, 2.05) is 6.07 Å². The van der Waals surface area contributed by atoms with Crippen molar-refractivity contribution >= 4 is 17.3 Å². The molecule has 2 heteroatoms. The topological polar surface area (TPSA) is 12.0 Å². The molecule has 3 atom stereocenters. The van der Waals surface area contributed by atoms with Crippen LogP contribution in [0.5, 0.6) is 0 Å². The van der Waals surface area contributed by atoms with Crippen LogP contribution < -0.4 is 5.32 Å². The van der Waals surface area contributed by atoms with Crippen LogP contribution in [0, 0.1) is 11.8 Å². The van der Waals surface area contributed by atoms with E-state index in [1.165, 1.54) is 30.5 Å². The third kappa shape index (κ3) is 1.53. The zero-order valence-electron chi connectivity index (χ0n) is 9.67. The van der Waals surface area contributed by atoms with Gasteiger partial charge in [-0.3, -0.25) is 0 Å². The molecule has 1 saturated carbocycles. The molecule has 1 heterocycles. The SMILES string of the molecule is CCC1CCC2CNc3ccc(Cl)cc3C12. The number of nitrogens with one attached hydrogen (secondary N) is 1. The highest BCUT2D eigenvalue weighted by Crippen LogP contribution is 2.50. The van der Waals surface area contributed by atoms with Crippen LogP contribution >= 0.6 is 11.6 Å². The van der Waals surface area contributed by atoms with Gasteiger partial charge in [0.2, 0.25) is 0 Å². The molecule has 1 fully saturated rings. The van der Waals surface area contributed by atoms with E-state index in [2.05, 4.69) is 24.4 Å². The van der Waals surface area contributed by atoms with Gasteiger partial charge in [0.05, 0.1) is 0 Å². The van der Waals surface area contributed by atoms with E-state index in [-0.39, 0.29) is 0 Å². The lowest BCUT2D eigenvalue weighted by molar-refractivity contribution is 0.405. The predicted octanol–water partition coefficient (Wildman–Crippen LogP) is 4.29. The fraction of sp³-hybridized carbons (Fsp3) is 0.571. The third-order valence-electron chi connectivity index (χ3n) is 4.38. The second-order valence-electron chi connectivity index (χ2n) is 5.14. The molecular weight excluding hydrogens is 218 g/mol. The normalized spacial score (nSPS) is 31.8. The highest BCUT2D eigenvalue weighted by Gasteiger charge is 2.39. The second kappa shape index (κ2) is 3.96. The summed E-state index contributed by atoms with van der Waals surface area (Å²) in [7, 11) is 0. The number of benzene rings is 1. The summed E-state index contributed by atoms with van der Waals surface area (Å²) in [5, 5.41) is 4.42. The van der Waals surface area contributed by atoms with E-state index in [4.69, 9.17) is 11.6 Å². The second-order valence-corrected chi connectivity index (χ2v) is 5.58. The van der Waals surface area contributed by atoms with Crippen molar-refractivity contribution in [1.82, 2.24) is 0 Å². The van der Waals surface area contributed by atoms with Crippen molar-refractivity contribution in [3.63, 3.8) is 0 Å². The fourth-order valence-electron chi connectivity index (χ4n) is 3.58. The lowest BCUT2D eigenvalue weighted by atomic mass is 9.79. The molecule has 3 rings (SSSR count). The van der Waals surface area contributed by atoms with Gasteiger partial charge in [0.1, 0.15) is 0 Å². The Morgan fingerprint density at radius 1 is 1.38 bits per heavy atom. The van der Waals surface area contributed by atoms with Gasteiger partial charge in [0.25, 0.3) is 0 Å².